The number of hydrogen-bond donors (Lipinski definition) is 0. The lowest BCUT2D eigenvalue weighted by atomic mass is 10.0. The molecule has 0 radical (unpaired) electrons. The minimum absolute atomic E-state index is 0.137. The second-order valence-electron chi connectivity index (χ2n) is 4.53. The molecule has 0 fully saturated rings. The zero-order valence-corrected chi connectivity index (χ0v) is 11.4. The monoisotopic (exact) mass is 305 g/mol. The van der Waals surface area contributed by atoms with Crippen molar-refractivity contribution in [2.45, 2.75) is 6.10 Å². The van der Waals surface area contributed by atoms with Crippen molar-refractivity contribution in [2.24, 2.45) is 0 Å². The molecule has 4 nitrogen and oxygen atoms in total. The lowest BCUT2D eigenvalue weighted by Crippen LogP contribution is -2.19. The highest BCUT2D eigenvalue weighted by Gasteiger charge is 2.33. The average Bonchev–Trinajstić information content (AvgIpc) is 2.47. The van der Waals surface area contributed by atoms with Crippen molar-refractivity contribution in [1.29, 1.82) is 0 Å². The number of ether oxygens (including phenoxy) is 1. The van der Waals surface area contributed by atoms with E-state index in [1.807, 2.05) is 0 Å². The van der Waals surface area contributed by atoms with Gasteiger partial charge in [-0.25, -0.2) is 4.39 Å². The summed E-state index contributed by atoms with van der Waals surface area (Å²) in [7, 11) is 0. The number of fused-ring (bicyclic) bond motifs is 1. The Balaban J connectivity index is 2.11. The molecule has 0 aromatic heterocycles. The smallest absolute Gasteiger partial charge is 0.291 e. The van der Waals surface area contributed by atoms with Crippen LogP contribution in [-0.4, -0.2) is 4.92 Å². The Morgan fingerprint density at radius 3 is 2.57 bits per heavy atom. The van der Waals surface area contributed by atoms with Gasteiger partial charge < -0.3 is 4.74 Å². The fourth-order valence-electron chi connectivity index (χ4n) is 2.20. The minimum Gasteiger partial charge on any atom is -0.474 e. The number of hydrogen-bond acceptors (Lipinski definition) is 3. The van der Waals surface area contributed by atoms with Gasteiger partial charge in [-0.05, 0) is 24.3 Å². The van der Waals surface area contributed by atoms with Gasteiger partial charge in [0, 0.05) is 17.2 Å². The van der Waals surface area contributed by atoms with Crippen LogP contribution in [0.2, 0.25) is 5.02 Å². The molecule has 6 heteroatoms. The van der Waals surface area contributed by atoms with Crippen LogP contribution in [0.15, 0.2) is 48.2 Å². The van der Waals surface area contributed by atoms with Crippen LogP contribution in [0, 0.1) is 15.9 Å². The first-order chi connectivity index (χ1) is 10.1. The Kier molecular flexibility index (Phi) is 3.35. The van der Waals surface area contributed by atoms with Crippen molar-refractivity contribution in [3.05, 3.63) is 80.2 Å². The van der Waals surface area contributed by atoms with E-state index in [1.54, 1.807) is 18.2 Å². The number of nitro groups is 1. The maximum absolute atomic E-state index is 13.0. The molecule has 0 saturated heterocycles. The first-order valence-corrected chi connectivity index (χ1v) is 6.50. The Morgan fingerprint density at radius 1 is 1.19 bits per heavy atom. The van der Waals surface area contributed by atoms with Gasteiger partial charge in [0.05, 0.1) is 9.95 Å². The summed E-state index contributed by atoms with van der Waals surface area (Å²) in [5.41, 5.74) is 0.844. The maximum atomic E-state index is 13.0. The van der Waals surface area contributed by atoms with Gasteiger partial charge in [-0.3, -0.25) is 10.1 Å². The zero-order valence-electron chi connectivity index (χ0n) is 10.6. The quantitative estimate of drug-likeness (QED) is 0.616. The van der Waals surface area contributed by atoms with E-state index in [0.717, 1.165) is 0 Å². The molecule has 0 aliphatic carbocycles. The number of halogens is 2. The minimum atomic E-state index is -0.897. The third-order valence-electron chi connectivity index (χ3n) is 3.20. The third-order valence-corrected chi connectivity index (χ3v) is 3.53. The summed E-state index contributed by atoms with van der Waals surface area (Å²) in [4.78, 5) is 10.8. The van der Waals surface area contributed by atoms with Gasteiger partial charge in [0.15, 0.2) is 0 Å². The van der Waals surface area contributed by atoms with Gasteiger partial charge in [-0.2, -0.15) is 0 Å². The predicted octanol–water partition coefficient (Wildman–Crippen LogP) is 4.23. The van der Waals surface area contributed by atoms with Gasteiger partial charge in [0.25, 0.3) is 5.70 Å². The number of rotatable bonds is 2. The van der Waals surface area contributed by atoms with Crippen LogP contribution in [0.1, 0.15) is 17.2 Å². The van der Waals surface area contributed by atoms with Gasteiger partial charge >= 0.3 is 0 Å². The van der Waals surface area contributed by atoms with E-state index in [2.05, 4.69) is 0 Å². The van der Waals surface area contributed by atoms with E-state index >= 15 is 0 Å². The summed E-state index contributed by atoms with van der Waals surface area (Å²) in [5.74, 6) is 0.0482. The number of nitrogens with zero attached hydrogens (tertiary/aromatic N) is 1. The van der Waals surface area contributed by atoms with Crippen LogP contribution >= 0.6 is 11.6 Å². The topological polar surface area (TPSA) is 52.4 Å². The maximum Gasteiger partial charge on any atom is 0.291 e. The van der Waals surface area contributed by atoms with E-state index in [-0.39, 0.29) is 5.70 Å². The lowest BCUT2D eigenvalue weighted by molar-refractivity contribution is -0.434. The molecule has 0 saturated carbocycles. The Labute approximate surface area is 124 Å². The van der Waals surface area contributed by atoms with E-state index in [1.165, 1.54) is 30.3 Å². The molecule has 0 bridgehead atoms. The SMILES string of the molecule is O=[N+]([O-])C1=Cc2c(Cl)cccc2OC1c1ccc(F)cc1. The van der Waals surface area contributed by atoms with Crippen molar-refractivity contribution in [3.8, 4) is 5.75 Å². The van der Waals surface area contributed by atoms with Gasteiger partial charge in [-0.15, -0.1) is 0 Å². The fraction of sp³-hybridized carbons (Fsp3) is 0.0667. The van der Waals surface area contributed by atoms with E-state index in [9.17, 15) is 14.5 Å². The molecule has 1 aliphatic rings. The highest BCUT2D eigenvalue weighted by molar-refractivity contribution is 6.32. The average molecular weight is 306 g/mol. The Hall–Kier alpha value is -2.40. The summed E-state index contributed by atoms with van der Waals surface area (Å²) in [6.45, 7) is 0. The van der Waals surface area contributed by atoms with Gasteiger partial charge in [0.2, 0.25) is 6.10 Å². The second-order valence-corrected chi connectivity index (χ2v) is 4.93. The molecule has 1 heterocycles. The van der Waals surface area contributed by atoms with Crippen molar-refractivity contribution in [3.63, 3.8) is 0 Å². The predicted molar refractivity (Wildman–Crippen MR) is 76.2 cm³/mol. The molecule has 0 spiro atoms. The fourth-order valence-corrected chi connectivity index (χ4v) is 2.42. The number of benzene rings is 2. The van der Waals surface area contributed by atoms with Gasteiger partial charge in [-0.1, -0.05) is 29.8 Å². The molecule has 0 N–H and O–H groups in total. The summed E-state index contributed by atoms with van der Waals surface area (Å²) in [6.07, 6.45) is 0.501. The Bertz CT molecular complexity index is 743. The molecule has 1 atom stereocenters. The second kappa shape index (κ2) is 5.18. The van der Waals surface area contributed by atoms with E-state index < -0.39 is 16.8 Å². The normalized spacial score (nSPS) is 16.7. The summed E-state index contributed by atoms with van der Waals surface area (Å²) in [6, 6.07) is 10.4. The van der Waals surface area contributed by atoms with E-state index in [4.69, 9.17) is 16.3 Å². The largest absolute Gasteiger partial charge is 0.474 e. The summed E-state index contributed by atoms with van der Waals surface area (Å²) in [5, 5.41) is 11.6. The standard InChI is InChI=1S/C15H9ClFNO3/c16-12-2-1-3-14-11(12)8-13(18(19)20)15(21-14)9-4-6-10(17)7-5-9/h1-8,15H. The highest BCUT2D eigenvalue weighted by atomic mass is 35.5. The molecule has 2 aromatic rings. The summed E-state index contributed by atoms with van der Waals surface area (Å²) < 4.78 is 18.7. The van der Waals surface area contributed by atoms with Crippen molar-refractivity contribution < 1.29 is 14.1 Å². The molecule has 21 heavy (non-hydrogen) atoms. The van der Waals surface area contributed by atoms with Crippen molar-refractivity contribution in [2.75, 3.05) is 0 Å². The molecule has 3 rings (SSSR count). The molecule has 106 valence electrons. The van der Waals surface area contributed by atoms with Gasteiger partial charge in [0.1, 0.15) is 11.6 Å². The first-order valence-electron chi connectivity index (χ1n) is 6.13. The molecule has 1 aliphatic heterocycles. The zero-order chi connectivity index (χ0) is 15.0. The molecule has 1 unspecified atom stereocenters. The van der Waals surface area contributed by atoms with E-state index in [0.29, 0.717) is 21.9 Å². The highest BCUT2D eigenvalue weighted by Crippen LogP contribution is 2.40. The van der Waals surface area contributed by atoms with Crippen LogP contribution in [-0.2, 0) is 0 Å². The van der Waals surface area contributed by atoms with Crippen molar-refractivity contribution in [1.82, 2.24) is 0 Å². The van der Waals surface area contributed by atoms with Crippen LogP contribution in [0.3, 0.4) is 0 Å². The molecular weight excluding hydrogens is 297 g/mol. The van der Waals surface area contributed by atoms with Crippen LogP contribution in [0.5, 0.6) is 5.75 Å². The third kappa shape index (κ3) is 2.48. The van der Waals surface area contributed by atoms with Crippen LogP contribution in [0.4, 0.5) is 4.39 Å². The lowest BCUT2D eigenvalue weighted by Gasteiger charge is -2.23. The molecular formula is C15H9ClFNO3. The molecule has 2 aromatic carbocycles. The Morgan fingerprint density at radius 2 is 1.90 bits per heavy atom. The van der Waals surface area contributed by atoms with Crippen LogP contribution < -0.4 is 4.74 Å². The first kappa shape index (κ1) is 13.6. The van der Waals surface area contributed by atoms with Crippen LogP contribution in [0.25, 0.3) is 6.08 Å². The molecule has 0 amide bonds. The summed E-state index contributed by atoms with van der Waals surface area (Å²) >= 11 is 6.03. The van der Waals surface area contributed by atoms with Crippen molar-refractivity contribution >= 4 is 17.7 Å².